The van der Waals surface area contributed by atoms with E-state index < -0.39 is 0 Å². The lowest BCUT2D eigenvalue weighted by Crippen LogP contribution is -2.09. The van der Waals surface area contributed by atoms with Crippen LogP contribution in [-0.4, -0.2) is 20.1 Å². The summed E-state index contributed by atoms with van der Waals surface area (Å²) < 4.78 is 18.9. The van der Waals surface area contributed by atoms with Crippen LogP contribution in [-0.2, 0) is 0 Å². The lowest BCUT2D eigenvalue weighted by atomic mass is 10.0. The lowest BCUT2D eigenvalue weighted by molar-refractivity contribution is 0.443. The maximum atomic E-state index is 13.5. The van der Waals surface area contributed by atoms with E-state index in [2.05, 4.69) is 39.5 Å². The van der Waals surface area contributed by atoms with E-state index in [9.17, 15) is 4.39 Å². The minimum absolute atomic E-state index is 0.0314. The summed E-state index contributed by atoms with van der Waals surface area (Å²) >= 11 is 0. The second-order valence-corrected chi connectivity index (χ2v) is 7.55. The Balaban J connectivity index is 1.59. The number of pyridine rings is 1. The standard InChI is InChI=1S/C25H20FN5O/c1-15(17-6-4-3-5-7-17)28-25-27-13-12-22(29-25)21-14-20-16(2)31-32-24(20)30-23(21)18-8-10-19(26)11-9-18/h3-15H,1-2H3,(H,27,28,29). The van der Waals surface area contributed by atoms with Crippen LogP contribution >= 0.6 is 0 Å². The molecule has 1 atom stereocenters. The van der Waals surface area contributed by atoms with E-state index in [1.54, 1.807) is 18.3 Å². The number of hydrogen-bond donors (Lipinski definition) is 1. The molecular weight excluding hydrogens is 405 g/mol. The molecule has 0 aliphatic heterocycles. The van der Waals surface area contributed by atoms with E-state index in [0.29, 0.717) is 23.0 Å². The van der Waals surface area contributed by atoms with Gasteiger partial charge in [0.1, 0.15) is 5.82 Å². The third-order valence-electron chi connectivity index (χ3n) is 5.34. The number of aryl methyl sites for hydroxylation is 1. The molecule has 1 unspecified atom stereocenters. The molecule has 5 rings (SSSR count). The van der Waals surface area contributed by atoms with Crippen molar-refractivity contribution in [3.05, 3.63) is 90.0 Å². The van der Waals surface area contributed by atoms with Gasteiger partial charge < -0.3 is 9.84 Å². The normalized spacial score (nSPS) is 12.1. The van der Waals surface area contributed by atoms with Crippen molar-refractivity contribution < 1.29 is 8.91 Å². The summed E-state index contributed by atoms with van der Waals surface area (Å²) in [4.78, 5) is 13.8. The maximum absolute atomic E-state index is 13.5. The van der Waals surface area contributed by atoms with Gasteiger partial charge in [-0.3, -0.25) is 0 Å². The quantitative estimate of drug-likeness (QED) is 0.374. The van der Waals surface area contributed by atoms with E-state index in [4.69, 9.17) is 9.51 Å². The van der Waals surface area contributed by atoms with Crippen LogP contribution in [0.4, 0.5) is 10.3 Å². The Kier molecular flexibility index (Phi) is 5.07. The fraction of sp³-hybridized carbons (Fsp3) is 0.120. The van der Waals surface area contributed by atoms with Crippen molar-refractivity contribution >= 4 is 17.0 Å². The summed E-state index contributed by atoms with van der Waals surface area (Å²) in [6.07, 6.45) is 1.71. The number of aromatic nitrogens is 4. The Labute approximate surface area is 184 Å². The van der Waals surface area contributed by atoms with Crippen LogP contribution in [0, 0.1) is 12.7 Å². The average molecular weight is 425 g/mol. The van der Waals surface area contributed by atoms with Gasteiger partial charge in [-0.1, -0.05) is 35.5 Å². The Morgan fingerprint density at radius 3 is 2.53 bits per heavy atom. The van der Waals surface area contributed by atoms with Gasteiger partial charge in [0.2, 0.25) is 5.95 Å². The molecule has 5 aromatic rings. The Hall–Kier alpha value is -4.13. The highest BCUT2D eigenvalue weighted by Gasteiger charge is 2.17. The topological polar surface area (TPSA) is 76.7 Å². The third kappa shape index (κ3) is 3.80. The first-order chi connectivity index (χ1) is 15.6. The van der Waals surface area contributed by atoms with E-state index in [1.165, 1.54) is 12.1 Å². The summed E-state index contributed by atoms with van der Waals surface area (Å²) in [5.74, 6) is 0.196. The van der Waals surface area contributed by atoms with Crippen molar-refractivity contribution in [2.24, 2.45) is 0 Å². The molecule has 2 aromatic carbocycles. The molecule has 0 amide bonds. The van der Waals surface area contributed by atoms with Crippen LogP contribution in [0.15, 0.2) is 77.4 Å². The molecule has 158 valence electrons. The second kappa shape index (κ2) is 8.19. The summed E-state index contributed by atoms with van der Waals surface area (Å²) in [5, 5.41) is 8.19. The Morgan fingerprint density at radius 1 is 0.969 bits per heavy atom. The first-order valence-corrected chi connectivity index (χ1v) is 10.3. The van der Waals surface area contributed by atoms with Crippen LogP contribution in [0.2, 0.25) is 0 Å². The first-order valence-electron chi connectivity index (χ1n) is 10.3. The van der Waals surface area contributed by atoms with Gasteiger partial charge in [0.25, 0.3) is 5.71 Å². The first kappa shape index (κ1) is 19.8. The molecule has 3 aromatic heterocycles. The van der Waals surface area contributed by atoms with Crippen molar-refractivity contribution in [1.82, 2.24) is 20.1 Å². The smallest absolute Gasteiger partial charge is 0.258 e. The largest absolute Gasteiger partial charge is 0.348 e. The van der Waals surface area contributed by atoms with Crippen LogP contribution < -0.4 is 5.32 Å². The second-order valence-electron chi connectivity index (χ2n) is 7.55. The van der Waals surface area contributed by atoms with Crippen LogP contribution in [0.3, 0.4) is 0 Å². The summed E-state index contributed by atoms with van der Waals surface area (Å²) in [7, 11) is 0. The van der Waals surface area contributed by atoms with Gasteiger partial charge in [0.15, 0.2) is 0 Å². The van der Waals surface area contributed by atoms with Crippen molar-refractivity contribution in [2.45, 2.75) is 19.9 Å². The van der Waals surface area contributed by atoms with Crippen molar-refractivity contribution in [3.63, 3.8) is 0 Å². The number of halogens is 1. The van der Waals surface area contributed by atoms with Gasteiger partial charge in [0, 0.05) is 17.3 Å². The Bertz CT molecular complexity index is 1380. The molecule has 1 N–H and O–H groups in total. The van der Waals surface area contributed by atoms with E-state index in [-0.39, 0.29) is 11.9 Å². The minimum atomic E-state index is -0.310. The molecule has 0 aliphatic rings. The summed E-state index contributed by atoms with van der Waals surface area (Å²) in [6.45, 7) is 3.92. The molecule has 6 nitrogen and oxygen atoms in total. The zero-order valence-corrected chi connectivity index (χ0v) is 17.6. The lowest BCUT2D eigenvalue weighted by Gasteiger charge is -2.15. The number of rotatable bonds is 5. The molecule has 7 heteroatoms. The zero-order chi connectivity index (χ0) is 22.1. The molecule has 0 spiro atoms. The Morgan fingerprint density at radius 2 is 1.75 bits per heavy atom. The number of anilines is 1. The van der Waals surface area contributed by atoms with Gasteiger partial charge in [0.05, 0.1) is 28.5 Å². The molecular formula is C25H20FN5O. The van der Waals surface area contributed by atoms with Crippen molar-refractivity contribution in [2.75, 3.05) is 5.32 Å². The SMILES string of the molecule is Cc1noc2nc(-c3ccc(F)cc3)c(-c3ccnc(NC(C)c4ccccc4)n3)cc12. The summed E-state index contributed by atoms with van der Waals surface area (Å²) in [5.41, 5.74) is 5.17. The van der Waals surface area contributed by atoms with Crippen LogP contribution in [0.5, 0.6) is 0 Å². The highest BCUT2D eigenvalue weighted by molar-refractivity contribution is 5.89. The van der Waals surface area contributed by atoms with Gasteiger partial charge in [-0.2, -0.15) is 0 Å². The van der Waals surface area contributed by atoms with Gasteiger partial charge in [-0.05, 0) is 55.8 Å². The predicted molar refractivity (Wildman–Crippen MR) is 121 cm³/mol. The average Bonchev–Trinajstić information content (AvgIpc) is 3.19. The number of nitrogens with one attached hydrogen (secondary N) is 1. The number of fused-ring (bicyclic) bond motifs is 1. The molecule has 0 fully saturated rings. The molecule has 0 saturated heterocycles. The molecule has 0 radical (unpaired) electrons. The molecule has 0 saturated carbocycles. The van der Waals surface area contributed by atoms with E-state index in [1.807, 2.05) is 37.3 Å². The number of benzene rings is 2. The fourth-order valence-corrected chi connectivity index (χ4v) is 3.61. The van der Waals surface area contributed by atoms with E-state index >= 15 is 0 Å². The fourth-order valence-electron chi connectivity index (χ4n) is 3.61. The van der Waals surface area contributed by atoms with Gasteiger partial charge in [-0.15, -0.1) is 0 Å². The molecule has 3 heterocycles. The number of hydrogen-bond acceptors (Lipinski definition) is 6. The molecule has 0 aliphatic carbocycles. The molecule has 32 heavy (non-hydrogen) atoms. The summed E-state index contributed by atoms with van der Waals surface area (Å²) in [6, 6.07) is 20.1. The van der Waals surface area contributed by atoms with E-state index in [0.717, 1.165) is 27.8 Å². The zero-order valence-electron chi connectivity index (χ0n) is 17.6. The van der Waals surface area contributed by atoms with Crippen LogP contribution in [0.25, 0.3) is 33.6 Å². The highest BCUT2D eigenvalue weighted by atomic mass is 19.1. The van der Waals surface area contributed by atoms with Crippen molar-refractivity contribution in [1.29, 1.82) is 0 Å². The van der Waals surface area contributed by atoms with Crippen LogP contribution in [0.1, 0.15) is 24.2 Å². The van der Waals surface area contributed by atoms with Gasteiger partial charge in [-0.25, -0.2) is 19.3 Å². The highest BCUT2D eigenvalue weighted by Crippen LogP contribution is 2.34. The predicted octanol–water partition coefficient (Wildman–Crippen LogP) is 5.97. The molecule has 0 bridgehead atoms. The van der Waals surface area contributed by atoms with Gasteiger partial charge >= 0.3 is 0 Å². The minimum Gasteiger partial charge on any atom is -0.348 e. The maximum Gasteiger partial charge on any atom is 0.258 e. The monoisotopic (exact) mass is 425 g/mol. The number of nitrogens with zero attached hydrogens (tertiary/aromatic N) is 4. The van der Waals surface area contributed by atoms with Crippen molar-refractivity contribution in [3.8, 4) is 22.5 Å². The third-order valence-corrected chi connectivity index (χ3v) is 5.34.